The zero-order valence-electron chi connectivity index (χ0n) is 11.7. The number of hydrogen-bond donors (Lipinski definition) is 2. The van der Waals surface area contributed by atoms with E-state index >= 15 is 0 Å². The quantitative estimate of drug-likeness (QED) is 0.845. The van der Waals surface area contributed by atoms with Crippen molar-refractivity contribution in [2.75, 3.05) is 31.7 Å². The maximum Gasteiger partial charge on any atom is 0.232 e. The van der Waals surface area contributed by atoms with Crippen molar-refractivity contribution < 1.29 is 14.3 Å². The van der Waals surface area contributed by atoms with Crippen LogP contribution in [0.15, 0.2) is 18.3 Å². The number of anilines is 1. The Balaban J connectivity index is 2.02. The molecule has 1 aromatic rings. The molecule has 2 rings (SSSR count). The van der Waals surface area contributed by atoms with Gasteiger partial charge in [0.25, 0.3) is 0 Å². The number of amides is 1. The van der Waals surface area contributed by atoms with Gasteiger partial charge in [0.15, 0.2) is 0 Å². The summed E-state index contributed by atoms with van der Waals surface area (Å²) in [6.45, 7) is 3.94. The number of hydrogen-bond acceptors (Lipinski definition) is 5. The molecular formula is C14H21N3O3. The molecule has 0 spiro atoms. The Labute approximate surface area is 118 Å². The molecule has 1 saturated heterocycles. The lowest BCUT2D eigenvalue weighted by Crippen LogP contribution is -2.46. The standard InChI is InChI=1S/C14H21N3O3/c1-2-20-12-4-3-11(9-16-12)17-13(18)14(10-15)5-7-19-8-6-14/h3-4,9H,2,5-8,10,15H2,1H3,(H,17,18). The van der Waals surface area contributed by atoms with E-state index in [-0.39, 0.29) is 5.91 Å². The van der Waals surface area contributed by atoms with Crippen LogP contribution in [0.2, 0.25) is 0 Å². The molecule has 0 radical (unpaired) electrons. The first-order chi connectivity index (χ1) is 9.70. The molecule has 0 saturated carbocycles. The monoisotopic (exact) mass is 279 g/mol. The van der Waals surface area contributed by atoms with Gasteiger partial charge in [0.1, 0.15) is 0 Å². The van der Waals surface area contributed by atoms with Crippen LogP contribution in [0.25, 0.3) is 0 Å². The predicted molar refractivity (Wildman–Crippen MR) is 75.6 cm³/mol. The van der Waals surface area contributed by atoms with E-state index in [0.717, 1.165) is 0 Å². The molecule has 2 heterocycles. The second kappa shape index (κ2) is 6.67. The third-order valence-electron chi connectivity index (χ3n) is 3.61. The average molecular weight is 279 g/mol. The lowest BCUT2D eigenvalue weighted by atomic mass is 9.79. The predicted octanol–water partition coefficient (Wildman–Crippen LogP) is 1.17. The highest BCUT2D eigenvalue weighted by molar-refractivity contribution is 5.95. The SMILES string of the molecule is CCOc1ccc(NC(=O)C2(CN)CCOCC2)cn1. The zero-order valence-corrected chi connectivity index (χ0v) is 11.7. The van der Waals surface area contributed by atoms with Crippen molar-refractivity contribution >= 4 is 11.6 Å². The summed E-state index contributed by atoms with van der Waals surface area (Å²) in [6.07, 6.45) is 2.89. The van der Waals surface area contributed by atoms with E-state index in [1.807, 2.05) is 6.92 Å². The Morgan fingerprint density at radius 1 is 1.50 bits per heavy atom. The van der Waals surface area contributed by atoms with Crippen LogP contribution in [0.1, 0.15) is 19.8 Å². The highest BCUT2D eigenvalue weighted by atomic mass is 16.5. The number of ether oxygens (including phenoxy) is 2. The first-order valence-electron chi connectivity index (χ1n) is 6.88. The third kappa shape index (κ3) is 3.26. The second-order valence-corrected chi connectivity index (χ2v) is 4.87. The van der Waals surface area contributed by atoms with E-state index in [9.17, 15) is 4.79 Å². The van der Waals surface area contributed by atoms with Crippen LogP contribution in [-0.4, -0.2) is 37.3 Å². The summed E-state index contributed by atoms with van der Waals surface area (Å²) in [5.74, 6) is 0.486. The number of nitrogens with two attached hydrogens (primary N) is 1. The summed E-state index contributed by atoms with van der Waals surface area (Å²) < 4.78 is 10.6. The number of carbonyl (C=O) groups is 1. The topological polar surface area (TPSA) is 86.5 Å². The summed E-state index contributed by atoms with van der Waals surface area (Å²) in [4.78, 5) is 16.5. The molecule has 6 heteroatoms. The zero-order chi connectivity index (χ0) is 14.4. The van der Waals surface area contributed by atoms with E-state index in [4.69, 9.17) is 15.2 Å². The Bertz CT molecular complexity index is 441. The maximum absolute atomic E-state index is 12.4. The number of carbonyl (C=O) groups excluding carboxylic acids is 1. The van der Waals surface area contributed by atoms with Gasteiger partial charge in [0.05, 0.1) is 23.9 Å². The smallest absolute Gasteiger partial charge is 0.232 e. The maximum atomic E-state index is 12.4. The van der Waals surface area contributed by atoms with Crippen molar-refractivity contribution in [1.29, 1.82) is 0 Å². The molecule has 0 unspecified atom stereocenters. The van der Waals surface area contributed by atoms with Gasteiger partial charge < -0.3 is 20.5 Å². The lowest BCUT2D eigenvalue weighted by Gasteiger charge is -2.34. The molecule has 0 atom stereocenters. The normalized spacial score (nSPS) is 17.5. The van der Waals surface area contributed by atoms with Gasteiger partial charge in [-0.2, -0.15) is 0 Å². The van der Waals surface area contributed by atoms with Crippen LogP contribution in [-0.2, 0) is 9.53 Å². The van der Waals surface area contributed by atoms with Gasteiger partial charge in [-0.1, -0.05) is 0 Å². The molecule has 110 valence electrons. The fourth-order valence-electron chi connectivity index (χ4n) is 2.24. The fraction of sp³-hybridized carbons (Fsp3) is 0.571. The van der Waals surface area contributed by atoms with Crippen LogP contribution in [0, 0.1) is 5.41 Å². The third-order valence-corrected chi connectivity index (χ3v) is 3.61. The van der Waals surface area contributed by atoms with Gasteiger partial charge in [0.2, 0.25) is 11.8 Å². The molecular weight excluding hydrogens is 258 g/mol. The molecule has 1 fully saturated rings. The molecule has 20 heavy (non-hydrogen) atoms. The molecule has 0 aliphatic carbocycles. The largest absolute Gasteiger partial charge is 0.478 e. The van der Waals surface area contributed by atoms with E-state index in [0.29, 0.717) is 50.8 Å². The number of aromatic nitrogens is 1. The minimum Gasteiger partial charge on any atom is -0.478 e. The Kier molecular flexibility index (Phi) is 4.92. The first-order valence-corrected chi connectivity index (χ1v) is 6.88. The number of rotatable bonds is 5. The summed E-state index contributed by atoms with van der Waals surface area (Å²) in [7, 11) is 0. The summed E-state index contributed by atoms with van der Waals surface area (Å²) in [5.41, 5.74) is 5.92. The Morgan fingerprint density at radius 2 is 2.25 bits per heavy atom. The van der Waals surface area contributed by atoms with E-state index < -0.39 is 5.41 Å². The highest BCUT2D eigenvalue weighted by Crippen LogP contribution is 2.30. The summed E-state index contributed by atoms with van der Waals surface area (Å²) in [6, 6.07) is 3.51. The van der Waals surface area contributed by atoms with Gasteiger partial charge in [-0.15, -0.1) is 0 Å². The van der Waals surface area contributed by atoms with E-state index in [2.05, 4.69) is 10.3 Å². The summed E-state index contributed by atoms with van der Waals surface area (Å²) in [5, 5.41) is 2.88. The molecule has 0 bridgehead atoms. The lowest BCUT2D eigenvalue weighted by molar-refractivity contribution is -0.130. The molecule has 1 amide bonds. The van der Waals surface area contributed by atoms with Gasteiger partial charge in [-0.25, -0.2) is 4.98 Å². The van der Waals surface area contributed by atoms with Crippen LogP contribution in [0.3, 0.4) is 0 Å². The van der Waals surface area contributed by atoms with Crippen LogP contribution >= 0.6 is 0 Å². The van der Waals surface area contributed by atoms with Crippen molar-refractivity contribution in [3.8, 4) is 5.88 Å². The average Bonchev–Trinajstić information content (AvgIpc) is 2.50. The van der Waals surface area contributed by atoms with Gasteiger partial charge in [0, 0.05) is 25.8 Å². The summed E-state index contributed by atoms with van der Waals surface area (Å²) >= 11 is 0. The number of nitrogens with zero attached hydrogens (tertiary/aromatic N) is 1. The first kappa shape index (κ1) is 14.7. The van der Waals surface area contributed by atoms with Crippen molar-refractivity contribution in [1.82, 2.24) is 4.98 Å². The van der Waals surface area contributed by atoms with Crippen molar-refractivity contribution in [2.24, 2.45) is 11.1 Å². The van der Waals surface area contributed by atoms with Crippen molar-refractivity contribution in [3.05, 3.63) is 18.3 Å². The van der Waals surface area contributed by atoms with Gasteiger partial charge in [-0.05, 0) is 25.8 Å². The molecule has 1 aromatic heterocycles. The number of nitrogens with one attached hydrogen (secondary N) is 1. The minimum absolute atomic E-state index is 0.0609. The molecule has 0 aromatic carbocycles. The molecule has 1 aliphatic heterocycles. The van der Waals surface area contributed by atoms with Gasteiger partial charge >= 0.3 is 0 Å². The van der Waals surface area contributed by atoms with Crippen LogP contribution in [0.5, 0.6) is 5.88 Å². The van der Waals surface area contributed by atoms with Crippen LogP contribution in [0.4, 0.5) is 5.69 Å². The fourth-order valence-corrected chi connectivity index (χ4v) is 2.24. The van der Waals surface area contributed by atoms with Gasteiger partial charge in [-0.3, -0.25) is 4.79 Å². The minimum atomic E-state index is -0.531. The molecule has 6 nitrogen and oxygen atoms in total. The van der Waals surface area contributed by atoms with Crippen LogP contribution < -0.4 is 15.8 Å². The Morgan fingerprint density at radius 3 is 2.80 bits per heavy atom. The molecule has 1 aliphatic rings. The van der Waals surface area contributed by atoms with Crippen molar-refractivity contribution in [3.63, 3.8) is 0 Å². The van der Waals surface area contributed by atoms with Crippen molar-refractivity contribution in [2.45, 2.75) is 19.8 Å². The van der Waals surface area contributed by atoms with E-state index in [1.54, 1.807) is 18.3 Å². The highest BCUT2D eigenvalue weighted by Gasteiger charge is 2.38. The Hall–Kier alpha value is -1.66. The van der Waals surface area contributed by atoms with E-state index in [1.165, 1.54) is 0 Å². The second-order valence-electron chi connectivity index (χ2n) is 4.87. The molecule has 3 N–H and O–H groups in total. The number of pyridine rings is 1.